The molecule has 13 heteroatoms. The Bertz CT molecular complexity index is 1370. The molecule has 0 radical (unpaired) electrons. The minimum Gasteiger partial charge on any atom is -0.481 e. The number of hydrogen-bond donors (Lipinski definition) is 4. The molecule has 7 atom stereocenters. The molecule has 2 heterocycles. The zero-order chi connectivity index (χ0) is 36.8. The average molecular weight is 716 g/mol. The normalized spacial score (nSPS) is 18.8. The van der Waals surface area contributed by atoms with E-state index in [1.54, 1.807) is 12.3 Å². The lowest BCUT2D eigenvalue weighted by molar-refractivity contribution is -0.141. The van der Waals surface area contributed by atoms with Crippen molar-refractivity contribution in [3.63, 3.8) is 0 Å². The van der Waals surface area contributed by atoms with Crippen LogP contribution in [0.4, 0.5) is 0 Å². The van der Waals surface area contributed by atoms with Gasteiger partial charge in [-0.1, -0.05) is 77.8 Å². The van der Waals surface area contributed by atoms with Crippen molar-refractivity contribution in [2.24, 2.45) is 17.8 Å². The van der Waals surface area contributed by atoms with E-state index in [4.69, 9.17) is 9.47 Å². The largest absolute Gasteiger partial charge is 0.481 e. The van der Waals surface area contributed by atoms with E-state index in [9.17, 15) is 24.3 Å². The van der Waals surface area contributed by atoms with E-state index in [1.807, 2.05) is 65.1 Å². The van der Waals surface area contributed by atoms with Crippen LogP contribution in [0.1, 0.15) is 100 Å². The molecule has 278 valence electrons. The Morgan fingerprint density at radius 2 is 1.76 bits per heavy atom. The number of ether oxygens (including phenoxy) is 2. The van der Waals surface area contributed by atoms with Crippen molar-refractivity contribution in [3.05, 3.63) is 52.0 Å². The van der Waals surface area contributed by atoms with Crippen molar-refractivity contribution >= 4 is 35.0 Å². The van der Waals surface area contributed by atoms with E-state index in [-0.39, 0.29) is 54.6 Å². The molecular weight excluding hydrogens is 659 g/mol. The van der Waals surface area contributed by atoms with Crippen LogP contribution in [-0.4, -0.2) is 90.3 Å². The zero-order valence-electron chi connectivity index (χ0n) is 30.6. The van der Waals surface area contributed by atoms with E-state index in [0.717, 1.165) is 37.8 Å². The molecule has 12 nitrogen and oxygen atoms in total. The maximum atomic E-state index is 13.8. The highest BCUT2D eigenvalue weighted by Gasteiger charge is 2.34. The number of carboxylic acid groups (broad SMARTS) is 1. The summed E-state index contributed by atoms with van der Waals surface area (Å²) in [6.07, 6.45) is 4.05. The average Bonchev–Trinajstić information content (AvgIpc) is 3.59. The van der Waals surface area contributed by atoms with Crippen LogP contribution in [0, 0.1) is 17.8 Å². The maximum Gasteiger partial charge on any atom is 0.306 e. The van der Waals surface area contributed by atoms with Gasteiger partial charge >= 0.3 is 5.97 Å². The second kappa shape index (κ2) is 20.5. The molecule has 0 saturated carbocycles. The minimum atomic E-state index is -0.923. The summed E-state index contributed by atoms with van der Waals surface area (Å²) < 4.78 is 11.3. The number of benzene rings is 1. The Labute approximate surface area is 301 Å². The van der Waals surface area contributed by atoms with Crippen molar-refractivity contribution in [3.8, 4) is 0 Å². The molecule has 2 aromatic rings. The predicted molar refractivity (Wildman–Crippen MR) is 194 cm³/mol. The first-order valence-corrected chi connectivity index (χ1v) is 18.7. The summed E-state index contributed by atoms with van der Waals surface area (Å²) in [6.45, 7) is 10.5. The molecular formula is C37H57N5O7S. The fourth-order valence-corrected chi connectivity index (χ4v) is 7.03. The smallest absolute Gasteiger partial charge is 0.306 e. The Morgan fingerprint density at radius 1 is 1.04 bits per heavy atom. The van der Waals surface area contributed by atoms with Gasteiger partial charge in [0, 0.05) is 31.0 Å². The molecule has 1 aromatic heterocycles. The highest BCUT2D eigenvalue weighted by Crippen LogP contribution is 2.29. The third-order valence-electron chi connectivity index (χ3n) is 9.60. The number of methoxy groups -OCH3 is 1. The molecule has 1 aromatic carbocycles. The number of aliphatic carboxylic acids is 1. The number of piperidine rings is 1. The second-order valence-corrected chi connectivity index (χ2v) is 14.8. The number of rotatable bonds is 20. The van der Waals surface area contributed by atoms with Crippen molar-refractivity contribution in [2.75, 3.05) is 27.5 Å². The van der Waals surface area contributed by atoms with E-state index in [0.29, 0.717) is 17.8 Å². The van der Waals surface area contributed by atoms with Gasteiger partial charge in [-0.15, -0.1) is 11.3 Å². The van der Waals surface area contributed by atoms with E-state index in [2.05, 4.69) is 25.8 Å². The minimum absolute atomic E-state index is 0.0166. The highest BCUT2D eigenvalue weighted by atomic mass is 32.1. The fraction of sp³-hybridized carbons (Fsp3) is 0.649. The number of likely N-dealkylation sites (tertiary alicyclic amines) is 1. The summed E-state index contributed by atoms with van der Waals surface area (Å²) >= 11 is 1.28. The Hall–Kier alpha value is -3.39. The monoisotopic (exact) mass is 715 g/mol. The van der Waals surface area contributed by atoms with Gasteiger partial charge in [-0.3, -0.25) is 24.1 Å². The maximum absolute atomic E-state index is 13.8. The lowest BCUT2D eigenvalue weighted by atomic mass is 9.94. The molecule has 4 N–H and O–H groups in total. The number of carboxylic acids is 1. The number of amides is 3. The molecule has 0 bridgehead atoms. The summed E-state index contributed by atoms with van der Waals surface area (Å²) in [6, 6.07) is 7.93. The number of nitrogens with one attached hydrogen (secondary N) is 3. The molecule has 1 fully saturated rings. The molecule has 1 aliphatic rings. The van der Waals surface area contributed by atoms with Crippen LogP contribution in [0.25, 0.3) is 0 Å². The molecule has 7 unspecified atom stereocenters. The lowest BCUT2D eigenvalue weighted by Gasteiger charge is -2.34. The van der Waals surface area contributed by atoms with Crippen LogP contribution in [0.2, 0.25) is 0 Å². The third kappa shape index (κ3) is 12.4. The quantitative estimate of drug-likeness (QED) is 0.141. The van der Waals surface area contributed by atoms with Gasteiger partial charge in [-0.25, -0.2) is 4.98 Å². The van der Waals surface area contributed by atoms with E-state index in [1.165, 1.54) is 18.4 Å². The summed E-state index contributed by atoms with van der Waals surface area (Å²) in [4.78, 5) is 58.9. The summed E-state index contributed by atoms with van der Waals surface area (Å²) in [5.41, 5.74) is 1.19. The van der Waals surface area contributed by atoms with Crippen molar-refractivity contribution in [2.45, 2.75) is 110 Å². The lowest BCUT2D eigenvalue weighted by Crippen LogP contribution is -2.57. The number of aromatic nitrogens is 1. The van der Waals surface area contributed by atoms with Crippen LogP contribution in [-0.2, 0) is 30.3 Å². The number of carbonyl (C=O) groups is 4. The van der Waals surface area contributed by atoms with Crippen LogP contribution in [0.5, 0.6) is 0 Å². The van der Waals surface area contributed by atoms with Crippen LogP contribution < -0.4 is 16.0 Å². The van der Waals surface area contributed by atoms with Crippen LogP contribution in [0.3, 0.4) is 0 Å². The topological polar surface area (TPSA) is 159 Å². The zero-order valence-corrected chi connectivity index (χ0v) is 31.5. The molecule has 1 saturated heterocycles. The van der Waals surface area contributed by atoms with Gasteiger partial charge in [0.2, 0.25) is 11.8 Å². The number of nitrogens with zero attached hydrogens (tertiary/aromatic N) is 2. The first-order chi connectivity index (χ1) is 23.8. The van der Waals surface area contributed by atoms with Gasteiger partial charge in [0.1, 0.15) is 29.6 Å². The van der Waals surface area contributed by atoms with Gasteiger partial charge in [0.25, 0.3) is 5.91 Å². The third-order valence-corrected chi connectivity index (χ3v) is 10.5. The van der Waals surface area contributed by atoms with Crippen LogP contribution in [0.15, 0.2) is 35.7 Å². The van der Waals surface area contributed by atoms with E-state index >= 15 is 0 Å². The SMILES string of the molecule is CCC(C)C(NC(=O)C1CCCCN1C)C(=O)NC(CC(OCOC)c1nc(C(=O)NC(Cc2ccccc2)CC(C)C(=O)O)cs1)C(C)C. The van der Waals surface area contributed by atoms with Crippen molar-refractivity contribution in [1.82, 2.24) is 25.8 Å². The highest BCUT2D eigenvalue weighted by molar-refractivity contribution is 7.09. The Morgan fingerprint density at radius 3 is 2.38 bits per heavy atom. The van der Waals surface area contributed by atoms with Gasteiger partial charge in [0.15, 0.2) is 0 Å². The van der Waals surface area contributed by atoms with E-state index < -0.39 is 36.0 Å². The van der Waals surface area contributed by atoms with Gasteiger partial charge < -0.3 is 30.5 Å². The van der Waals surface area contributed by atoms with Gasteiger partial charge in [-0.05, 0) is 56.7 Å². The fourth-order valence-electron chi connectivity index (χ4n) is 6.17. The number of hydrogen-bond acceptors (Lipinski definition) is 9. The molecule has 0 aliphatic carbocycles. The molecule has 1 aliphatic heterocycles. The first-order valence-electron chi connectivity index (χ1n) is 17.8. The van der Waals surface area contributed by atoms with Crippen molar-refractivity contribution < 1.29 is 33.8 Å². The second-order valence-electron chi connectivity index (χ2n) is 13.9. The first kappa shape index (κ1) is 41.0. The molecule has 0 spiro atoms. The number of thiazole rings is 1. The Balaban J connectivity index is 1.75. The molecule has 50 heavy (non-hydrogen) atoms. The standard InChI is InChI=1S/C37H57N5O7S/c1-8-24(4)32(41-34(44)30-16-12-13-17-42(30)6)35(45)39-28(23(2)3)20-31(49-22-48-7)36-40-29(21-50-36)33(43)38-27(18-25(5)37(46)47)19-26-14-10-9-11-15-26/h9-11,14-15,21,23-25,27-28,30-32H,8,12-13,16-20,22H2,1-7H3,(H,38,43)(H,39,45)(H,41,44)(H,46,47). The number of likely N-dealkylation sites (N-methyl/N-ethyl adjacent to an activating group) is 1. The summed E-state index contributed by atoms with van der Waals surface area (Å²) in [7, 11) is 3.47. The predicted octanol–water partition coefficient (Wildman–Crippen LogP) is 4.80. The molecule has 3 amide bonds. The number of carbonyl (C=O) groups excluding carboxylic acids is 3. The molecule has 3 rings (SSSR count). The van der Waals surface area contributed by atoms with Gasteiger partial charge in [-0.2, -0.15) is 0 Å². The Kier molecular flexibility index (Phi) is 16.8. The van der Waals surface area contributed by atoms with Crippen LogP contribution >= 0.6 is 11.3 Å². The van der Waals surface area contributed by atoms with Gasteiger partial charge in [0.05, 0.1) is 12.0 Å². The summed E-state index contributed by atoms with van der Waals surface area (Å²) in [5, 5.41) is 21.0. The van der Waals surface area contributed by atoms with Crippen molar-refractivity contribution in [1.29, 1.82) is 0 Å². The summed E-state index contributed by atoms with van der Waals surface area (Å²) in [5.74, 6) is -2.39.